The highest BCUT2D eigenvalue weighted by Gasteiger charge is 2.28. The minimum atomic E-state index is -0.0518. The van der Waals surface area contributed by atoms with Crippen LogP contribution >= 0.6 is 0 Å². The third-order valence-electron chi connectivity index (χ3n) is 5.78. The van der Waals surface area contributed by atoms with Crippen LogP contribution in [-0.4, -0.2) is 20.7 Å². The standard InChI is InChI=1S/C23H28N4O/c1-5-19(22-14(3)26-27(6-2)15(22)4)25-23(28)18-13-21(16-11-12-16)24-20-10-8-7-9-17(18)20/h7-10,13,16,19H,5-6,11-12H2,1-4H3,(H,25,28)/t19-/m0/s1. The Morgan fingerprint density at radius 1 is 1.25 bits per heavy atom. The van der Waals surface area contributed by atoms with E-state index in [1.165, 1.54) is 12.8 Å². The molecule has 0 unspecified atom stereocenters. The van der Waals surface area contributed by atoms with Gasteiger partial charge in [0.25, 0.3) is 5.91 Å². The van der Waals surface area contributed by atoms with Gasteiger partial charge in [-0.15, -0.1) is 0 Å². The molecule has 1 fully saturated rings. The van der Waals surface area contributed by atoms with E-state index < -0.39 is 0 Å². The van der Waals surface area contributed by atoms with E-state index in [2.05, 4.69) is 31.2 Å². The maximum absolute atomic E-state index is 13.3. The molecule has 1 aliphatic rings. The summed E-state index contributed by atoms with van der Waals surface area (Å²) in [6.45, 7) is 9.13. The molecular formula is C23H28N4O. The number of aromatic nitrogens is 3. The number of amides is 1. The molecular weight excluding hydrogens is 348 g/mol. The predicted octanol–water partition coefficient (Wildman–Crippen LogP) is 4.83. The summed E-state index contributed by atoms with van der Waals surface area (Å²) in [5.41, 5.74) is 5.93. The van der Waals surface area contributed by atoms with Gasteiger partial charge in [0, 0.05) is 34.8 Å². The monoisotopic (exact) mass is 376 g/mol. The van der Waals surface area contributed by atoms with E-state index in [1.807, 2.05) is 41.9 Å². The van der Waals surface area contributed by atoms with E-state index >= 15 is 0 Å². The van der Waals surface area contributed by atoms with Crippen molar-refractivity contribution in [2.24, 2.45) is 0 Å². The van der Waals surface area contributed by atoms with Crippen molar-refractivity contribution < 1.29 is 4.79 Å². The molecule has 1 atom stereocenters. The number of fused-ring (bicyclic) bond motifs is 1. The van der Waals surface area contributed by atoms with Crippen molar-refractivity contribution in [1.29, 1.82) is 0 Å². The van der Waals surface area contributed by atoms with Crippen LogP contribution in [-0.2, 0) is 6.54 Å². The van der Waals surface area contributed by atoms with Gasteiger partial charge in [0.15, 0.2) is 0 Å². The number of carbonyl (C=O) groups is 1. The highest BCUT2D eigenvalue weighted by atomic mass is 16.1. The summed E-state index contributed by atoms with van der Waals surface area (Å²) >= 11 is 0. The third-order valence-corrected chi connectivity index (χ3v) is 5.78. The number of hydrogen-bond donors (Lipinski definition) is 1. The van der Waals surface area contributed by atoms with E-state index in [4.69, 9.17) is 4.98 Å². The second kappa shape index (κ2) is 7.38. The van der Waals surface area contributed by atoms with Crippen LogP contribution < -0.4 is 5.32 Å². The van der Waals surface area contributed by atoms with Crippen molar-refractivity contribution in [2.45, 2.75) is 65.5 Å². The number of benzene rings is 1. The van der Waals surface area contributed by atoms with Crippen LogP contribution in [0.5, 0.6) is 0 Å². The van der Waals surface area contributed by atoms with Gasteiger partial charge in [-0.2, -0.15) is 5.10 Å². The molecule has 2 aromatic heterocycles. The molecule has 0 aliphatic heterocycles. The first-order chi connectivity index (χ1) is 13.5. The normalized spacial score (nSPS) is 15.0. The zero-order chi connectivity index (χ0) is 19.8. The number of nitrogens with one attached hydrogen (secondary N) is 1. The van der Waals surface area contributed by atoms with Crippen molar-refractivity contribution in [3.63, 3.8) is 0 Å². The molecule has 146 valence electrons. The number of nitrogens with zero attached hydrogens (tertiary/aromatic N) is 3. The lowest BCUT2D eigenvalue weighted by atomic mass is 10.0. The Kier molecular flexibility index (Phi) is 4.92. The zero-order valence-corrected chi connectivity index (χ0v) is 17.1. The number of aryl methyl sites for hydroxylation is 2. The van der Waals surface area contributed by atoms with Crippen LogP contribution in [0.2, 0.25) is 0 Å². The van der Waals surface area contributed by atoms with Gasteiger partial charge in [0.05, 0.1) is 22.8 Å². The summed E-state index contributed by atoms with van der Waals surface area (Å²) in [4.78, 5) is 18.1. The fraction of sp³-hybridized carbons (Fsp3) is 0.435. The van der Waals surface area contributed by atoms with E-state index in [0.717, 1.165) is 52.1 Å². The maximum atomic E-state index is 13.3. The Balaban J connectivity index is 1.70. The molecule has 5 nitrogen and oxygen atoms in total. The van der Waals surface area contributed by atoms with Gasteiger partial charge in [-0.1, -0.05) is 25.1 Å². The van der Waals surface area contributed by atoms with Gasteiger partial charge in [-0.25, -0.2) is 0 Å². The van der Waals surface area contributed by atoms with Crippen molar-refractivity contribution in [2.75, 3.05) is 0 Å². The summed E-state index contributed by atoms with van der Waals surface area (Å²) in [5, 5.41) is 8.82. The summed E-state index contributed by atoms with van der Waals surface area (Å²) < 4.78 is 2.01. The molecule has 0 radical (unpaired) electrons. The molecule has 5 heteroatoms. The van der Waals surface area contributed by atoms with E-state index in [1.54, 1.807) is 0 Å². The first-order valence-electron chi connectivity index (χ1n) is 10.3. The number of rotatable bonds is 6. The summed E-state index contributed by atoms with van der Waals surface area (Å²) in [6, 6.07) is 9.87. The highest BCUT2D eigenvalue weighted by molar-refractivity contribution is 6.06. The topological polar surface area (TPSA) is 59.8 Å². The van der Waals surface area contributed by atoms with E-state index in [0.29, 0.717) is 5.92 Å². The van der Waals surface area contributed by atoms with Crippen LogP contribution in [0.1, 0.15) is 78.1 Å². The second-order valence-electron chi connectivity index (χ2n) is 7.72. The van der Waals surface area contributed by atoms with Crippen molar-refractivity contribution in [3.05, 3.63) is 58.5 Å². The fourth-order valence-corrected chi connectivity index (χ4v) is 4.11. The molecule has 4 rings (SSSR count). The number of carbonyl (C=O) groups excluding carboxylic acids is 1. The molecule has 3 aromatic rings. The van der Waals surface area contributed by atoms with Crippen LogP contribution in [0.3, 0.4) is 0 Å². The lowest BCUT2D eigenvalue weighted by Crippen LogP contribution is -2.29. The van der Waals surface area contributed by atoms with Crippen LogP contribution in [0.15, 0.2) is 30.3 Å². The van der Waals surface area contributed by atoms with Gasteiger partial charge in [0.1, 0.15) is 0 Å². The average Bonchev–Trinajstić information content (AvgIpc) is 3.51. The first-order valence-corrected chi connectivity index (χ1v) is 10.3. The third kappa shape index (κ3) is 3.30. The molecule has 1 N–H and O–H groups in total. The van der Waals surface area contributed by atoms with Gasteiger partial charge in [-0.3, -0.25) is 14.5 Å². The van der Waals surface area contributed by atoms with Crippen molar-refractivity contribution >= 4 is 16.8 Å². The maximum Gasteiger partial charge on any atom is 0.252 e. The van der Waals surface area contributed by atoms with E-state index in [-0.39, 0.29) is 11.9 Å². The SMILES string of the molecule is CC[C@H](NC(=O)c1cc(C2CC2)nc2ccccc12)c1c(C)nn(CC)c1C. The minimum absolute atomic E-state index is 0.0320. The van der Waals surface area contributed by atoms with Gasteiger partial charge >= 0.3 is 0 Å². The molecule has 0 bridgehead atoms. The van der Waals surface area contributed by atoms with E-state index in [9.17, 15) is 4.79 Å². The summed E-state index contributed by atoms with van der Waals surface area (Å²) in [6.07, 6.45) is 3.15. The molecule has 1 aliphatic carbocycles. The lowest BCUT2D eigenvalue weighted by Gasteiger charge is -2.19. The molecule has 1 saturated carbocycles. The minimum Gasteiger partial charge on any atom is -0.345 e. The van der Waals surface area contributed by atoms with Gasteiger partial charge < -0.3 is 5.32 Å². The first kappa shape index (κ1) is 18.7. The van der Waals surface area contributed by atoms with Gasteiger partial charge in [0.2, 0.25) is 0 Å². The summed E-state index contributed by atoms with van der Waals surface area (Å²) in [5.74, 6) is 0.473. The number of para-hydroxylation sites is 1. The number of pyridine rings is 1. The second-order valence-corrected chi connectivity index (χ2v) is 7.72. The quantitative estimate of drug-likeness (QED) is 0.670. The van der Waals surface area contributed by atoms with Crippen molar-refractivity contribution in [1.82, 2.24) is 20.1 Å². The van der Waals surface area contributed by atoms with Gasteiger partial charge in [-0.05, 0) is 52.2 Å². The Morgan fingerprint density at radius 2 is 2.00 bits per heavy atom. The lowest BCUT2D eigenvalue weighted by molar-refractivity contribution is 0.0937. The molecule has 28 heavy (non-hydrogen) atoms. The molecule has 1 amide bonds. The number of hydrogen-bond acceptors (Lipinski definition) is 3. The zero-order valence-electron chi connectivity index (χ0n) is 17.1. The Hall–Kier alpha value is -2.69. The average molecular weight is 377 g/mol. The smallest absolute Gasteiger partial charge is 0.252 e. The largest absolute Gasteiger partial charge is 0.345 e. The molecule has 0 saturated heterocycles. The highest BCUT2D eigenvalue weighted by Crippen LogP contribution is 2.40. The fourth-order valence-electron chi connectivity index (χ4n) is 4.11. The van der Waals surface area contributed by atoms with Crippen molar-refractivity contribution in [3.8, 4) is 0 Å². The Bertz CT molecular complexity index is 1030. The Labute approximate surface area is 166 Å². The Morgan fingerprint density at radius 3 is 2.64 bits per heavy atom. The summed E-state index contributed by atoms with van der Waals surface area (Å²) in [7, 11) is 0. The van der Waals surface area contributed by atoms with Crippen LogP contribution in [0.4, 0.5) is 0 Å². The molecule has 2 heterocycles. The van der Waals surface area contributed by atoms with Crippen LogP contribution in [0, 0.1) is 13.8 Å². The van der Waals surface area contributed by atoms with Crippen LogP contribution in [0.25, 0.3) is 10.9 Å². The predicted molar refractivity (Wildman–Crippen MR) is 112 cm³/mol. The molecule has 1 aromatic carbocycles. The molecule has 0 spiro atoms.